The quantitative estimate of drug-likeness (QED) is 0.935. The van der Waals surface area contributed by atoms with E-state index in [4.69, 9.17) is 16.3 Å². The highest BCUT2D eigenvalue weighted by atomic mass is 35.5. The Kier molecular flexibility index (Phi) is 4.01. The Labute approximate surface area is 117 Å². The highest BCUT2D eigenvalue weighted by Crippen LogP contribution is 2.18. The van der Waals surface area contributed by atoms with E-state index in [9.17, 15) is 0 Å². The van der Waals surface area contributed by atoms with Crippen LogP contribution in [0, 0.1) is 5.92 Å². The second-order valence-corrected chi connectivity index (χ2v) is 5.35. The van der Waals surface area contributed by atoms with Crippen molar-refractivity contribution < 1.29 is 4.74 Å². The third-order valence-electron chi connectivity index (χ3n) is 3.56. The fraction of sp³-hybridized carbons (Fsp3) is 0.500. The van der Waals surface area contributed by atoms with Gasteiger partial charge < -0.3 is 14.5 Å². The van der Waals surface area contributed by atoms with Gasteiger partial charge >= 0.3 is 0 Å². The van der Waals surface area contributed by atoms with Crippen LogP contribution in [0.3, 0.4) is 0 Å². The SMILES string of the molecule is Clc1nc2ccccn2c1CNCC1CCCOC1. The van der Waals surface area contributed by atoms with Crippen molar-refractivity contribution in [1.29, 1.82) is 0 Å². The molecule has 1 aliphatic rings. The van der Waals surface area contributed by atoms with Crippen LogP contribution < -0.4 is 5.32 Å². The summed E-state index contributed by atoms with van der Waals surface area (Å²) in [6.07, 6.45) is 4.41. The van der Waals surface area contributed by atoms with Gasteiger partial charge in [0.05, 0.1) is 12.3 Å². The predicted molar refractivity (Wildman–Crippen MR) is 75.5 cm³/mol. The molecular formula is C14H18ClN3O. The Morgan fingerprint density at radius 2 is 2.42 bits per heavy atom. The number of aromatic nitrogens is 2. The molecule has 2 aromatic heterocycles. The van der Waals surface area contributed by atoms with Crippen molar-refractivity contribution in [1.82, 2.24) is 14.7 Å². The predicted octanol–water partition coefficient (Wildman–Crippen LogP) is 2.50. The second kappa shape index (κ2) is 5.90. The number of nitrogens with one attached hydrogen (secondary N) is 1. The molecule has 1 fully saturated rings. The highest BCUT2D eigenvalue weighted by Gasteiger charge is 2.14. The van der Waals surface area contributed by atoms with E-state index >= 15 is 0 Å². The van der Waals surface area contributed by atoms with Gasteiger partial charge in [-0.15, -0.1) is 0 Å². The van der Waals surface area contributed by atoms with Gasteiger partial charge in [-0.2, -0.15) is 0 Å². The van der Waals surface area contributed by atoms with Crippen LogP contribution in [-0.2, 0) is 11.3 Å². The molecule has 0 bridgehead atoms. The number of hydrogen-bond acceptors (Lipinski definition) is 3. The van der Waals surface area contributed by atoms with Gasteiger partial charge in [-0.3, -0.25) is 0 Å². The second-order valence-electron chi connectivity index (χ2n) is 4.99. The Balaban J connectivity index is 1.63. The smallest absolute Gasteiger partial charge is 0.152 e. The van der Waals surface area contributed by atoms with E-state index in [2.05, 4.69) is 10.3 Å². The summed E-state index contributed by atoms with van der Waals surface area (Å²) in [7, 11) is 0. The summed E-state index contributed by atoms with van der Waals surface area (Å²) in [5, 5.41) is 4.05. The van der Waals surface area contributed by atoms with E-state index in [0.29, 0.717) is 11.1 Å². The number of pyridine rings is 1. The Hall–Kier alpha value is -1.10. The molecular weight excluding hydrogens is 262 g/mol. The van der Waals surface area contributed by atoms with Crippen LogP contribution in [0.1, 0.15) is 18.5 Å². The minimum absolute atomic E-state index is 0.582. The Morgan fingerprint density at radius 1 is 1.47 bits per heavy atom. The number of nitrogens with zero attached hydrogens (tertiary/aromatic N) is 2. The maximum atomic E-state index is 6.19. The van der Waals surface area contributed by atoms with Gasteiger partial charge in [0, 0.05) is 25.9 Å². The molecule has 1 N–H and O–H groups in total. The van der Waals surface area contributed by atoms with Gasteiger partial charge in [-0.05, 0) is 30.9 Å². The lowest BCUT2D eigenvalue weighted by atomic mass is 10.0. The maximum Gasteiger partial charge on any atom is 0.152 e. The molecule has 0 aliphatic carbocycles. The van der Waals surface area contributed by atoms with Crippen molar-refractivity contribution in [3.8, 4) is 0 Å². The van der Waals surface area contributed by atoms with Crippen LogP contribution in [0.15, 0.2) is 24.4 Å². The summed E-state index contributed by atoms with van der Waals surface area (Å²) in [6.45, 7) is 3.49. The highest BCUT2D eigenvalue weighted by molar-refractivity contribution is 6.30. The van der Waals surface area contributed by atoms with Gasteiger partial charge in [0.2, 0.25) is 0 Å². The molecule has 0 amide bonds. The minimum Gasteiger partial charge on any atom is -0.381 e. The first-order chi connectivity index (χ1) is 9.34. The van der Waals surface area contributed by atoms with Gasteiger partial charge in [0.25, 0.3) is 0 Å². The first-order valence-electron chi connectivity index (χ1n) is 6.74. The number of ether oxygens (including phenoxy) is 1. The molecule has 4 nitrogen and oxygen atoms in total. The number of halogens is 1. The standard InChI is InChI=1S/C14H18ClN3O/c15-14-12(18-6-2-1-5-13(18)17-14)9-16-8-11-4-3-7-19-10-11/h1-2,5-6,11,16H,3-4,7-10H2. The summed E-state index contributed by atoms with van der Waals surface area (Å²) in [5.74, 6) is 0.617. The zero-order valence-corrected chi connectivity index (χ0v) is 11.6. The van der Waals surface area contributed by atoms with Crippen molar-refractivity contribution in [3.63, 3.8) is 0 Å². The van der Waals surface area contributed by atoms with Gasteiger partial charge in [-0.1, -0.05) is 17.7 Å². The van der Waals surface area contributed by atoms with Crippen molar-refractivity contribution >= 4 is 17.2 Å². The minimum atomic E-state index is 0.582. The molecule has 102 valence electrons. The van der Waals surface area contributed by atoms with E-state index in [1.54, 1.807) is 0 Å². The van der Waals surface area contributed by atoms with Gasteiger partial charge in [-0.25, -0.2) is 4.98 Å². The molecule has 0 radical (unpaired) electrons. The summed E-state index contributed by atoms with van der Waals surface area (Å²) in [4.78, 5) is 4.34. The molecule has 3 heterocycles. The van der Waals surface area contributed by atoms with Crippen LogP contribution in [-0.4, -0.2) is 29.1 Å². The molecule has 3 rings (SSSR count). The third-order valence-corrected chi connectivity index (χ3v) is 3.86. The lowest BCUT2D eigenvalue weighted by molar-refractivity contribution is 0.0547. The monoisotopic (exact) mass is 279 g/mol. The largest absolute Gasteiger partial charge is 0.381 e. The summed E-state index contributed by atoms with van der Waals surface area (Å²) >= 11 is 6.19. The van der Waals surface area contributed by atoms with Crippen LogP contribution in [0.4, 0.5) is 0 Å². The summed E-state index contributed by atoms with van der Waals surface area (Å²) < 4.78 is 7.51. The topological polar surface area (TPSA) is 38.6 Å². The molecule has 1 saturated heterocycles. The zero-order valence-electron chi connectivity index (χ0n) is 10.8. The Bertz CT molecular complexity index is 549. The van der Waals surface area contributed by atoms with E-state index in [1.807, 2.05) is 28.8 Å². The van der Waals surface area contributed by atoms with Crippen LogP contribution in [0.5, 0.6) is 0 Å². The first kappa shape index (κ1) is 12.9. The number of hydrogen-bond donors (Lipinski definition) is 1. The van der Waals surface area contributed by atoms with Crippen LogP contribution in [0.2, 0.25) is 5.15 Å². The molecule has 0 aromatic carbocycles. The number of rotatable bonds is 4. The lowest BCUT2D eigenvalue weighted by Gasteiger charge is -2.22. The zero-order chi connectivity index (χ0) is 13.1. The fourth-order valence-corrected chi connectivity index (χ4v) is 2.78. The molecule has 0 saturated carbocycles. The average Bonchev–Trinajstić information content (AvgIpc) is 2.76. The normalized spacial score (nSPS) is 19.9. The van der Waals surface area contributed by atoms with Crippen LogP contribution >= 0.6 is 11.6 Å². The number of fused-ring (bicyclic) bond motifs is 1. The molecule has 1 aliphatic heterocycles. The summed E-state index contributed by atoms with van der Waals surface area (Å²) in [6, 6.07) is 5.92. The first-order valence-corrected chi connectivity index (χ1v) is 7.12. The fourth-order valence-electron chi connectivity index (χ4n) is 2.54. The lowest BCUT2D eigenvalue weighted by Crippen LogP contribution is -2.29. The molecule has 5 heteroatoms. The van der Waals surface area contributed by atoms with Gasteiger partial charge in [0.15, 0.2) is 5.15 Å². The molecule has 0 spiro atoms. The van der Waals surface area contributed by atoms with E-state index < -0.39 is 0 Å². The Morgan fingerprint density at radius 3 is 3.26 bits per heavy atom. The summed E-state index contributed by atoms with van der Waals surface area (Å²) in [5.41, 5.74) is 1.92. The van der Waals surface area contributed by atoms with E-state index in [-0.39, 0.29) is 0 Å². The third kappa shape index (κ3) is 2.91. The van der Waals surface area contributed by atoms with Crippen molar-refractivity contribution in [3.05, 3.63) is 35.2 Å². The van der Waals surface area contributed by atoms with E-state index in [1.165, 1.54) is 12.8 Å². The van der Waals surface area contributed by atoms with Crippen molar-refractivity contribution in [2.24, 2.45) is 5.92 Å². The van der Waals surface area contributed by atoms with Crippen LogP contribution in [0.25, 0.3) is 5.65 Å². The average molecular weight is 280 g/mol. The molecule has 1 unspecified atom stereocenters. The molecule has 19 heavy (non-hydrogen) atoms. The number of imidazole rings is 1. The van der Waals surface area contributed by atoms with Gasteiger partial charge in [0.1, 0.15) is 5.65 Å². The van der Waals surface area contributed by atoms with Crippen molar-refractivity contribution in [2.75, 3.05) is 19.8 Å². The van der Waals surface area contributed by atoms with E-state index in [0.717, 1.165) is 37.6 Å². The molecule has 2 aromatic rings. The molecule has 1 atom stereocenters. The maximum absolute atomic E-state index is 6.19. The van der Waals surface area contributed by atoms with Crippen molar-refractivity contribution in [2.45, 2.75) is 19.4 Å².